The first-order chi connectivity index (χ1) is 9.24. The van der Waals surface area contributed by atoms with Crippen LogP contribution < -0.4 is 5.73 Å². The van der Waals surface area contributed by atoms with Crippen LogP contribution in [-0.2, 0) is 0 Å². The maximum absolute atomic E-state index is 13.2. The second-order valence-electron chi connectivity index (χ2n) is 4.02. The molecule has 0 aliphatic rings. The molecule has 0 bridgehead atoms. The molecular formula is C14H10FN3O. The lowest BCUT2D eigenvalue weighted by Gasteiger charge is -1.99. The Hall–Kier alpha value is -2.69. The minimum Gasteiger partial charge on any atom is -0.398 e. The molecular weight excluding hydrogens is 245 g/mol. The fraction of sp³-hybridized carbons (Fsp3) is 0. The van der Waals surface area contributed by atoms with Gasteiger partial charge in [-0.15, -0.1) is 0 Å². The van der Waals surface area contributed by atoms with E-state index in [-0.39, 0.29) is 5.89 Å². The van der Waals surface area contributed by atoms with E-state index in [1.165, 1.54) is 18.2 Å². The summed E-state index contributed by atoms with van der Waals surface area (Å²) in [7, 11) is 0. The molecule has 4 nitrogen and oxygen atoms in total. The van der Waals surface area contributed by atoms with E-state index < -0.39 is 5.82 Å². The minimum absolute atomic E-state index is 0.204. The number of anilines is 1. The van der Waals surface area contributed by atoms with Crippen LogP contribution in [0.15, 0.2) is 53.1 Å². The van der Waals surface area contributed by atoms with Crippen molar-refractivity contribution in [2.45, 2.75) is 0 Å². The Kier molecular flexibility index (Phi) is 2.72. The molecule has 2 N–H and O–H groups in total. The number of benzene rings is 2. The molecule has 0 radical (unpaired) electrons. The van der Waals surface area contributed by atoms with Crippen LogP contribution in [0.1, 0.15) is 0 Å². The molecule has 5 heteroatoms. The molecule has 94 valence electrons. The summed E-state index contributed by atoms with van der Waals surface area (Å²) in [5, 5.41) is 3.87. The highest BCUT2D eigenvalue weighted by Gasteiger charge is 2.13. The van der Waals surface area contributed by atoms with Gasteiger partial charge in [0, 0.05) is 11.3 Å². The SMILES string of the molecule is Nc1ccc(F)cc1-c1nc(-c2ccccc2)no1. The van der Waals surface area contributed by atoms with Crippen molar-refractivity contribution in [2.75, 3.05) is 5.73 Å². The van der Waals surface area contributed by atoms with Crippen LogP contribution >= 0.6 is 0 Å². The quantitative estimate of drug-likeness (QED) is 0.714. The van der Waals surface area contributed by atoms with Gasteiger partial charge in [-0.25, -0.2) is 4.39 Å². The molecule has 0 aliphatic carbocycles. The Morgan fingerprint density at radius 3 is 2.63 bits per heavy atom. The first-order valence-electron chi connectivity index (χ1n) is 5.68. The van der Waals surface area contributed by atoms with E-state index in [4.69, 9.17) is 10.3 Å². The standard InChI is InChI=1S/C14H10FN3O/c15-10-6-7-12(16)11(8-10)14-17-13(18-19-14)9-4-2-1-3-5-9/h1-8H,16H2. The lowest BCUT2D eigenvalue weighted by atomic mass is 10.1. The van der Waals surface area contributed by atoms with E-state index in [0.29, 0.717) is 17.1 Å². The number of hydrogen-bond donors (Lipinski definition) is 1. The van der Waals surface area contributed by atoms with Crippen LogP contribution in [0.3, 0.4) is 0 Å². The van der Waals surface area contributed by atoms with Gasteiger partial charge < -0.3 is 10.3 Å². The van der Waals surface area contributed by atoms with E-state index in [2.05, 4.69) is 10.1 Å². The van der Waals surface area contributed by atoms with Gasteiger partial charge in [0.15, 0.2) is 0 Å². The van der Waals surface area contributed by atoms with Crippen molar-refractivity contribution in [3.63, 3.8) is 0 Å². The van der Waals surface area contributed by atoms with E-state index >= 15 is 0 Å². The Bertz CT molecular complexity index is 710. The number of nitrogens with two attached hydrogens (primary N) is 1. The first kappa shape index (κ1) is 11.4. The molecule has 3 aromatic rings. The Morgan fingerprint density at radius 1 is 1.05 bits per heavy atom. The normalized spacial score (nSPS) is 10.6. The van der Waals surface area contributed by atoms with E-state index in [0.717, 1.165) is 5.56 Å². The number of hydrogen-bond acceptors (Lipinski definition) is 4. The third-order valence-electron chi connectivity index (χ3n) is 2.70. The Labute approximate surface area is 108 Å². The molecule has 0 saturated heterocycles. The van der Waals surface area contributed by atoms with Crippen molar-refractivity contribution < 1.29 is 8.91 Å². The molecule has 1 aromatic heterocycles. The summed E-state index contributed by atoms with van der Waals surface area (Å²) in [6, 6.07) is 13.4. The molecule has 0 atom stereocenters. The zero-order valence-electron chi connectivity index (χ0n) is 9.88. The van der Waals surface area contributed by atoms with Gasteiger partial charge in [-0.05, 0) is 18.2 Å². The van der Waals surface area contributed by atoms with Gasteiger partial charge in [0.1, 0.15) is 5.82 Å². The zero-order valence-corrected chi connectivity index (χ0v) is 9.88. The van der Waals surface area contributed by atoms with Crippen LogP contribution in [0, 0.1) is 5.82 Å². The van der Waals surface area contributed by atoms with Crippen molar-refractivity contribution in [2.24, 2.45) is 0 Å². The van der Waals surface area contributed by atoms with Gasteiger partial charge >= 0.3 is 0 Å². The second kappa shape index (κ2) is 4.53. The van der Waals surface area contributed by atoms with Crippen LogP contribution in [0.5, 0.6) is 0 Å². The third kappa shape index (κ3) is 2.18. The molecule has 0 unspecified atom stereocenters. The summed E-state index contributed by atoms with van der Waals surface area (Å²) in [4.78, 5) is 4.23. The van der Waals surface area contributed by atoms with Crippen molar-refractivity contribution >= 4 is 5.69 Å². The highest BCUT2D eigenvalue weighted by molar-refractivity contribution is 5.71. The maximum Gasteiger partial charge on any atom is 0.260 e. The highest BCUT2D eigenvalue weighted by atomic mass is 19.1. The first-order valence-corrected chi connectivity index (χ1v) is 5.68. The minimum atomic E-state index is -0.399. The van der Waals surface area contributed by atoms with Crippen molar-refractivity contribution in [1.82, 2.24) is 10.1 Å². The fourth-order valence-electron chi connectivity index (χ4n) is 1.75. The predicted octanol–water partition coefficient (Wildman–Crippen LogP) is 3.12. The average Bonchev–Trinajstić information content (AvgIpc) is 2.92. The van der Waals surface area contributed by atoms with E-state index in [1.54, 1.807) is 0 Å². The summed E-state index contributed by atoms with van der Waals surface area (Å²) in [5.74, 6) is 0.249. The lowest BCUT2D eigenvalue weighted by Crippen LogP contribution is -1.91. The van der Waals surface area contributed by atoms with Gasteiger partial charge in [-0.1, -0.05) is 35.5 Å². The number of aromatic nitrogens is 2. The molecule has 0 spiro atoms. The maximum atomic E-state index is 13.2. The summed E-state index contributed by atoms with van der Waals surface area (Å²) in [6.45, 7) is 0. The fourth-order valence-corrected chi connectivity index (χ4v) is 1.75. The molecule has 3 rings (SSSR count). The van der Waals surface area contributed by atoms with Crippen LogP contribution in [-0.4, -0.2) is 10.1 Å². The van der Waals surface area contributed by atoms with Gasteiger partial charge in [-0.2, -0.15) is 4.98 Å². The lowest BCUT2D eigenvalue weighted by molar-refractivity contribution is 0.432. The van der Waals surface area contributed by atoms with Crippen LogP contribution in [0.4, 0.5) is 10.1 Å². The van der Waals surface area contributed by atoms with E-state index in [1.807, 2.05) is 30.3 Å². The Balaban J connectivity index is 2.04. The average molecular weight is 255 g/mol. The van der Waals surface area contributed by atoms with Crippen molar-refractivity contribution in [1.29, 1.82) is 0 Å². The van der Waals surface area contributed by atoms with Crippen molar-refractivity contribution in [3.8, 4) is 22.8 Å². The number of rotatable bonds is 2. The van der Waals surface area contributed by atoms with Gasteiger partial charge in [0.25, 0.3) is 5.89 Å². The molecule has 1 heterocycles. The van der Waals surface area contributed by atoms with Crippen molar-refractivity contribution in [3.05, 3.63) is 54.3 Å². The van der Waals surface area contributed by atoms with Gasteiger partial charge in [0.05, 0.1) is 5.56 Å². The molecule has 0 fully saturated rings. The van der Waals surface area contributed by atoms with Gasteiger partial charge in [-0.3, -0.25) is 0 Å². The number of nitrogen functional groups attached to an aromatic ring is 1. The van der Waals surface area contributed by atoms with Crippen LogP contribution in [0.25, 0.3) is 22.8 Å². The predicted molar refractivity (Wildman–Crippen MR) is 69.5 cm³/mol. The second-order valence-corrected chi connectivity index (χ2v) is 4.02. The monoisotopic (exact) mass is 255 g/mol. The van der Waals surface area contributed by atoms with Gasteiger partial charge in [0.2, 0.25) is 5.82 Å². The Morgan fingerprint density at radius 2 is 1.84 bits per heavy atom. The van der Waals surface area contributed by atoms with Crippen LogP contribution in [0.2, 0.25) is 0 Å². The summed E-state index contributed by atoms with van der Waals surface area (Å²) >= 11 is 0. The smallest absolute Gasteiger partial charge is 0.260 e. The van der Waals surface area contributed by atoms with E-state index in [9.17, 15) is 4.39 Å². The highest BCUT2D eigenvalue weighted by Crippen LogP contribution is 2.27. The summed E-state index contributed by atoms with van der Waals surface area (Å²) in [6.07, 6.45) is 0. The largest absolute Gasteiger partial charge is 0.398 e. The molecule has 0 aliphatic heterocycles. The number of nitrogens with zero attached hydrogens (tertiary/aromatic N) is 2. The summed E-state index contributed by atoms with van der Waals surface area (Å²) in [5.41, 5.74) is 7.39. The third-order valence-corrected chi connectivity index (χ3v) is 2.70. The zero-order chi connectivity index (χ0) is 13.2. The molecule has 0 saturated carbocycles. The molecule has 19 heavy (non-hydrogen) atoms. The topological polar surface area (TPSA) is 64.9 Å². The molecule has 0 amide bonds. The number of halogens is 1. The molecule has 2 aromatic carbocycles. The summed E-state index contributed by atoms with van der Waals surface area (Å²) < 4.78 is 18.4.